The Hall–Kier alpha value is -6.64. The predicted molar refractivity (Wildman–Crippen MR) is 211 cm³/mol. The molecule has 10 aromatic rings. The van der Waals surface area contributed by atoms with Crippen molar-refractivity contribution in [2.24, 2.45) is 0 Å². The van der Waals surface area contributed by atoms with E-state index in [2.05, 4.69) is 203 Å². The standard InChI is InChI=1S/C48H32N2/c1-4-13-33(14-5-1)34-15-12-16-35(29-34)36-25-28-46-44(30-36)43-27-24-38(32-48(43)50(46)40-19-8-3-9-20-40)37-23-26-42-41-21-10-11-22-45(41)49(47(42)31-37)39-17-6-2-7-18-39/h1-32H. The number of nitrogens with zero attached hydrogens (tertiary/aromatic N) is 2. The molecule has 2 nitrogen and oxygen atoms in total. The minimum Gasteiger partial charge on any atom is -0.309 e. The molecule has 50 heavy (non-hydrogen) atoms. The van der Waals surface area contributed by atoms with Crippen molar-refractivity contribution in [2.75, 3.05) is 0 Å². The van der Waals surface area contributed by atoms with Gasteiger partial charge >= 0.3 is 0 Å². The highest BCUT2D eigenvalue weighted by Gasteiger charge is 2.17. The maximum absolute atomic E-state index is 2.41. The molecule has 0 saturated heterocycles. The SMILES string of the molecule is c1ccc(-c2cccc(-c3ccc4c(c3)c3ccc(-c5ccc6c7ccccc7n(-c7ccccc7)c6c5)cc3n4-c3ccccc3)c2)cc1. The molecule has 8 aromatic carbocycles. The Morgan fingerprint density at radius 3 is 1.28 bits per heavy atom. The van der Waals surface area contributed by atoms with Crippen molar-refractivity contribution in [1.29, 1.82) is 0 Å². The monoisotopic (exact) mass is 636 g/mol. The van der Waals surface area contributed by atoms with E-state index in [1.807, 2.05) is 0 Å². The van der Waals surface area contributed by atoms with Gasteiger partial charge in [0.05, 0.1) is 22.1 Å². The summed E-state index contributed by atoms with van der Waals surface area (Å²) in [4.78, 5) is 0. The molecule has 0 bridgehead atoms. The quantitative estimate of drug-likeness (QED) is 0.178. The summed E-state index contributed by atoms with van der Waals surface area (Å²) in [6, 6.07) is 70.4. The van der Waals surface area contributed by atoms with Gasteiger partial charge in [-0.05, 0) is 94.0 Å². The van der Waals surface area contributed by atoms with Crippen LogP contribution in [0.15, 0.2) is 194 Å². The molecule has 10 rings (SSSR count). The molecule has 0 N–H and O–H groups in total. The zero-order valence-electron chi connectivity index (χ0n) is 27.4. The van der Waals surface area contributed by atoms with E-state index in [-0.39, 0.29) is 0 Å². The molecule has 2 aromatic heterocycles. The Morgan fingerprint density at radius 2 is 0.640 bits per heavy atom. The highest BCUT2D eigenvalue weighted by molar-refractivity contribution is 6.13. The zero-order valence-corrected chi connectivity index (χ0v) is 27.4. The van der Waals surface area contributed by atoms with Gasteiger partial charge in [-0.25, -0.2) is 0 Å². The largest absolute Gasteiger partial charge is 0.309 e. The van der Waals surface area contributed by atoms with Crippen molar-refractivity contribution in [3.05, 3.63) is 194 Å². The van der Waals surface area contributed by atoms with E-state index in [4.69, 9.17) is 0 Å². The summed E-state index contributed by atoms with van der Waals surface area (Å²) < 4.78 is 4.81. The van der Waals surface area contributed by atoms with Crippen molar-refractivity contribution in [3.63, 3.8) is 0 Å². The van der Waals surface area contributed by atoms with Gasteiger partial charge in [0.2, 0.25) is 0 Å². The Balaban J connectivity index is 1.17. The normalized spacial score (nSPS) is 11.6. The first-order valence-electron chi connectivity index (χ1n) is 17.2. The summed E-state index contributed by atoms with van der Waals surface area (Å²) in [5.41, 5.74) is 14.4. The summed E-state index contributed by atoms with van der Waals surface area (Å²) in [6.07, 6.45) is 0. The second kappa shape index (κ2) is 11.5. The molecular formula is C48H32N2. The average Bonchev–Trinajstić information content (AvgIpc) is 3.70. The van der Waals surface area contributed by atoms with E-state index in [0.717, 1.165) is 5.69 Å². The van der Waals surface area contributed by atoms with Crippen LogP contribution in [0, 0.1) is 0 Å². The molecule has 0 atom stereocenters. The molecule has 0 radical (unpaired) electrons. The van der Waals surface area contributed by atoms with E-state index in [1.54, 1.807) is 0 Å². The van der Waals surface area contributed by atoms with E-state index >= 15 is 0 Å². The topological polar surface area (TPSA) is 9.86 Å². The predicted octanol–water partition coefficient (Wildman–Crippen LogP) is 12.9. The van der Waals surface area contributed by atoms with Crippen LogP contribution in [-0.2, 0) is 0 Å². The molecule has 0 unspecified atom stereocenters. The number of para-hydroxylation sites is 3. The van der Waals surface area contributed by atoms with Gasteiger partial charge in [0, 0.05) is 32.9 Å². The lowest BCUT2D eigenvalue weighted by Gasteiger charge is -2.10. The summed E-state index contributed by atoms with van der Waals surface area (Å²) in [7, 11) is 0. The molecule has 0 fully saturated rings. The lowest BCUT2D eigenvalue weighted by molar-refractivity contribution is 1.18. The maximum Gasteiger partial charge on any atom is 0.0547 e. The van der Waals surface area contributed by atoms with Crippen LogP contribution in [0.3, 0.4) is 0 Å². The number of rotatable bonds is 5. The van der Waals surface area contributed by atoms with E-state index in [0.29, 0.717) is 0 Å². The number of benzene rings is 8. The molecule has 0 aliphatic rings. The lowest BCUT2D eigenvalue weighted by atomic mass is 9.97. The lowest BCUT2D eigenvalue weighted by Crippen LogP contribution is -1.94. The van der Waals surface area contributed by atoms with E-state index in [1.165, 1.54) is 82.7 Å². The number of fused-ring (bicyclic) bond motifs is 6. The minimum atomic E-state index is 1.16. The van der Waals surface area contributed by atoms with Gasteiger partial charge in [0.15, 0.2) is 0 Å². The smallest absolute Gasteiger partial charge is 0.0547 e. The van der Waals surface area contributed by atoms with Crippen LogP contribution in [0.5, 0.6) is 0 Å². The first-order chi connectivity index (χ1) is 24.8. The van der Waals surface area contributed by atoms with Gasteiger partial charge in [-0.2, -0.15) is 0 Å². The van der Waals surface area contributed by atoms with Crippen LogP contribution in [0.1, 0.15) is 0 Å². The molecular weight excluding hydrogens is 605 g/mol. The van der Waals surface area contributed by atoms with Crippen LogP contribution in [0.4, 0.5) is 0 Å². The number of hydrogen-bond acceptors (Lipinski definition) is 0. The fraction of sp³-hybridized carbons (Fsp3) is 0. The molecule has 0 spiro atoms. The number of aromatic nitrogens is 2. The van der Waals surface area contributed by atoms with Gasteiger partial charge in [-0.15, -0.1) is 0 Å². The van der Waals surface area contributed by atoms with Gasteiger partial charge in [0.25, 0.3) is 0 Å². The van der Waals surface area contributed by atoms with Crippen LogP contribution >= 0.6 is 0 Å². The van der Waals surface area contributed by atoms with Gasteiger partial charge in [-0.3, -0.25) is 0 Å². The molecule has 0 saturated carbocycles. The summed E-state index contributed by atoms with van der Waals surface area (Å²) in [5.74, 6) is 0. The van der Waals surface area contributed by atoms with Crippen LogP contribution in [-0.4, -0.2) is 9.13 Å². The third kappa shape index (κ3) is 4.57. The van der Waals surface area contributed by atoms with Crippen molar-refractivity contribution < 1.29 is 0 Å². The Bertz CT molecular complexity index is 2840. The molecule has 2 heteroatoms. The second-order valence-electron chi connectivity index (χ2n) is 13.0. The molecule has 2 heterocycles. The van der Waals surface area contributed by atoms with Crippen LogP contribution < -0.4 is 0 Å². The Labute approximate surface area is 290 Å². The minimum absolute atomic E-state index is 1.16. The van der Waals surface area contributed by atoms with Gasteiger partial charge in [-0.1, -0.05) is 133 Å². The summed E-state index contributed by atoms with van der Waals surface area (Å²) in [6.45, 7) is 0. The third-order valence-electron chi connectivity index (χ3n) is 10.1. The van der Waals surface area contributed by atoms with Crippen LogP contribution in [0.25, 0.3) is 88.4 Å². The Morgan fingerprint density at radius 1 is 0.220 bits per heavy atom. The molecule has 0 aliphatic carbocycles. The average molecular weight is 637 g/mol. The van der Waals surface area contributed by atoms with Gasteiger partial charge in [0.1, 0.15) is 0 Å². The van der Waals surface area contributed by atoms with Crippen molar-refractivity contribution in [3.8, 4) is 44.8 Å². The van der Waals surface area contributed by atoms with Crippen LogP contribution in [0.2, 0.25) is 0 Å². The van der Waals surface area contributed by atoms with Crippen molar-refractivity contribution >= 4 is 43.6 Å². The number of hydrogen-bond donors (Lipinski definition) is 0. The van der Waals surface area contributed by atoms with E-state index in [9.17, 15) is 0 Å². The first-order valence-corrected chi connectivity index (χ1v) is 17.2. The summed E-state index contributed by atoms with van der Waals surface area (Å²) in [5, 5.41) is 5.02. The fourth-order valence-corrected chi connectivity index (χ4v) is 7.75. The molecule has 234 valence electrons. The van der Waals surface area contributed by atoms with E-state index < -0.39 is 0 Å². The zero-order chi connectivity index (χ0) is 33.0. The third-order valence-corrected chi connectivity index (χ3v) is 10.1. The van der Waals surface area contributed by atoms with Crippen molar-refractivity contribution in [2.45, 2.75) is 0 Å². The molecule has 0 amide bonds. The van der Waals surface area contributed by atoms with Gasteiger partial charge < -0.3 is 9.13 Å². The molecule has 0 aliphatic heterocycles. The van der Waals surface area contributed by atoms with Crippen molar-refractivity contribution in [1.82, 2.24) is 9.13 Å². The highest BCUT2D eigenvalue weighted by atomic mass is 15.0. The summed E-state index contributed by atoms with van der Waals surface area (Å²) >= 11 is 0. The first kappa shape index (κ1) is 28.4. The maximum atomic E-state index is 2.41. The fourth-order valence-electron chi connectivity index (χ4n) is 7.75. The highest BCUT2D eigenvalue weighted by Crippen LogP contribution is 2.39. The Kier molecular flexibility index (Phi) is 6.53. The second-order valence-corrected chi connectivity index (χ2v) is 13.0.